The smallest absolute Gasteiger partial charge is 0.282 e. The van der Waals surface area contributed by atoms with Gasteiger partial charge in [-0.25, -0.2) is 0 Å². The molecular weight excluding hydrogens is 458 g/mol. The van der Waals surface area contributed by atoms with Crippen LogP contribution in [0.4, 0.5) is 0 Å². The molecule has 34 heavy (non-hydrogen) atoms. The Morgan fingerprint density at radius 2 is 1.71 bits per heavy atom. The first-order valence-electron chi connectivity index (χ1n) is 12.9. The molecule has 0 aromatic carbocycles. The van der Waals surface area contributed by atoms with Crippen LogP contribution in [0.2, 0.25) is 0 Å². The number of hydrogen-bond acceptors (Lipinski definition) is 7. The molecule has 6 rings (SSSR count). The molecule has 1 aromatic rings. The van der Waals surface area contributed by atoms with Crippen LogP contribution >= 0.6 is 0 Å². The average molecular weight is 494 g/mol. The van der Waals surface area contributed by atoms with Gasteiger partial charge in [0.2, 0.25) is 0 Å². The maximum absolute atomic E-state index is 13.7. The van der Waals surface area contributed by atoms with Crippen molar-refractivity contribution in [3.63, 3.8) is 0 Å². The topological polar surface area (TPSA) is 119 Å². The summed E-state index contributed by atoms with van der Waals surface area (Å²) in [7, 11) is -3.54. The molecule has 5 aliphatic rings. The number of fused-ring (bicyclic) bond motifs is 4. The SMILES string of the molecule is O=C(N[C@H]1C[C@H]2CC[C@@H](C1)N2S(=O)(=O)N1CC2CCC(C1)N2CCCO)c1cc(C2CC2)on1. The highest BCUT2D eigenvalue weighted by atomic mass is 32.2. The van der Waals surface area contributed by atoms with E-state index in [1.807, 2.05) is 0 Å². The van der Waals surface area contributed by atoms with Gasteiger partial charge >= 0.3 is 0 Å². The summed E-state index contributed by atoms with van der Waals surface area (Å²) in [4.78, 5) is 15.1. The lowest BCUT2D eigenvalue weighted by Gasteiger charge is -2.45. The van der Waals surface area contributed by atoms with Gasteiger partial charge in [-0.3, -0.25) is 9.69 Å². The van der Waals surface area contributed by atoms with Gasteiger partial charge in [0, 0.05) is 68.4 Å². The zero-order chi connectivity index (χ0) is 23.4. The van der Waals surface area contributed by atoms with Gasteiger partial charge in [-0.15, -0.1) is 0 Å². The van der Waals surface area contributed by atoms with Crippen molar-refractivity contribution in [2.75, 3.05) is 26.2 Å². The van der Waals surface area contributed by atoms with Crippen LogP contribution in [-0.4, -0.2) is 94.5 Å². The number of piperidine rings is 1. The van der Waals surface area contributed by atoms with Crippen molar-refractivity contribution in [3.8, 4) is 0 Å². The quantitative estimate of drug-likeness (QED) is 0.556. The Labute approximate surface area is 200 Å². The summed E-state index contributed by atoms with van der Waals surface area (Å²) in [5.74, 6) is 0.966. The number of piperazine rings is 1. The van der Waals surface area contributed by atoms with E-state index in [-0.39, 0.29) is 42.7 Å². The Balaban J connectivity index is 1.09. The molecule has 1 saturated carbocycles. The van der Waals surface area contributed by atoms with Gasteiger partial charge in [0.25, 0.3) is 16.1 Å². The fourth-order valence-corrected chi connectivity index (χ4v) is 8.86. The van der Waals surface area contributed by atoms with Gasteiger partial charge in [0.15, 0.2) is 5.69 Å². The molecule has 4 bridgehead atoms. The molecule has 10 nitrogen and oxygen atoms in total. The molecule has 5 fully saturated rings. The summed E-state index contributed by atoms with van der Waals surface area (Å²) >= 11 is 0. The molecule has 4 saturated heterocycles. The maximum atomic E-state index is 13.7. The fourth-order valence-electron chi connectivity index (χ4n) is 6.74. The second-order valence-corrected chi connectivity index (χ2v) is 12.6. The number of amides is 1. The molecule has 4 aliphatic heterocycles. The van der Waals surface area contributed by atoms with Crippen LogP contribution in [0.3, 0.4) is 0 Å². The molecule has 0 spiro atoms. The highest BCUT2D eigenvalue weighted by molar-refractivity contribution is 7.86. The van der Waals surface area contributed by atoms with Gasteiger partial charge < -0.3 is 14.9 Å². The second-order valence-electron chi connectivity index (χ2n) is 10.8. The molecule has 0 radical (unpaired) electrons. The predicted octanol–water partition coefficient (Wildman–Crippen LogP) is 1.05. The monoisotopic (exact) mass is 493 g/mol. The highest BCUT2D eigenvalue weighted by Gasteiger charge is 2.51. The van der Waals surface area contributed by atoms with Crippen LogP contribution in [0.1, 0.15) is 80.0 Å². The number of carbonyl (C=O) groups excluding carboxylic acids is 1. The Bertz CT molecular complexity index is 999. The average Bonchev–Trinajstić information content (AvgIpc) is 3.40. The van der Waals surface area contributed by atoms with E-state index in [0.717, 1.165) is 57.3 Å². The molecule has 2 N–H and O–H groups in total. The van der Waals surface area contributed by atoms with E-state index in [1.165, 1.54) is 0 Å². The lowest BCUT2D eigenvalue weighted by atomic mass is 9.99. The minimum atomic E-state index is -3.54. The number of nitrogens with one attached hydrogen (secondary N) is 1. The molecule has 5 atom stereocenters. The number of rotatable bonds is 8. The van der Waals surface area contributed by atoms with E-state index in [4.69, 9.17) is 4.52 Å². The largest absolute Gasteiger partial charge is 0.396 e. The molecule has 1 aliphatic carbocycles. The van der Waals surface area contributed by atoms with Crippen LogP contribution in [0, 0.1) is 0 Å². The van der Waals surface area contributed by atoms with Gasteiger partial charge in [0.1, 0.15) is 5.76 Å². The fraction of sp³-hybridized carbons (Fsp3) is 0.826. The van der Waals surface area contributed by atoms with Crippen molar-refractivity contribution >= 4 is 16.1 Å². The third-order valence-corrected chi connectivity index (χ3v) is 10.6. The van der Waals surface area contributed by atoms with Gasteiger partial charge in [-0.1, -0.05) is 5.16 Å². The first kappa shape index (κ1) is 22.9. The zero-order valence-corrected chi connectivity index (χ0v) is 20.3. The Morgan fingerprint density at radius 1 is 1.06 bits per heavy atom. The van der Waals surface area contributed by atoms with Crippen molar-refractivity contribution in [2.24, 2.45) is 0 Å². The second kappa shape index (κ2) is 8.85. The third kappa shape index (κ3) is 4.09. The van der Waals surface area contributed by atoms with E-state index in [0.29, 0.717) is 37.5 Å². The van der Waals surface area contributed by atoms with Crippen LogP contribution in [0.15, 0.2) is 10.6 Å². The molecule has 1 aromatic heterocycles. The van der Waals surface area contributed by atoms with Crippen LogP contribution < -0.4 is 5.32 Å². The Hall–Kier alpha value is -1.53. The number of carbonyl (C=O) groups is 1. The van der Waals surface area contributed by atoms with Crippen molar-refractivity contribution in [2.45, 2.75) is 93.9 Å². The summed E-state index contributed by atoms with van der Waals surface area (Å²) in [6.45, 7) is 2.08. The highest BCUT2D eigenvalue weighted by Crippen LogP contribution is 2.42. The Morgan fingerprint density at radius 3 is 2.32 bits per heavy atom. The number of aliphatic hydroxyl groups excluding tert-OH is 1. The van der Waals surface area contributed by atoms with Crippen molar-refractivity contribution in [3.05, 3.63) is 17.5 Å². The van der Waals surface area contributed by atoms with Gasteiger partial charge in [-0.2, -0.15) is 17.0 Å². The minimum Gasteiger partial charge on any atom is -0.396 e. The number of aromatic nitrogens is 1. The van der Waals surface area contributed by atoms with Crippen molar-refractivity contribution < 1.29 is 22.8 Å². The molecule has 5 heterocycles. The summed E-state index contributed by atoms with van der Waals surface area (Å²) in [5, 5.41) is 16.2. The maximum Gasteiger partial charge on any atom is 0.282 e. The van der Waals surface area contributed by atoms with E-state index in [2.05, 4.69) is 15.4 Å². The van der Waals surface area contributed by atoms with E-state index in [1.54, 1.807) is 14.7 Å². The summed E-state index contributed by atoms with van der Waals surface area (Å²) in [6.07, 6.45) is 7.92. The predicted molar refractivity (Wildman–Crippen MR) is 123 cm³/mol. The zero-order valence-electron chi connectivity index (χ0n) is 19.5. The van der Waals surface area contributed by atoms with E-state index in [9.17, 15) is 18.3 Å². The first-order valence-corrected chi connectivity index (χ1v) is 14.3. The van der Waals surface area contributed by atoms with E-state index >= 15 is 0 Å². The van der Waals surface area contributed by atoms with E-state index < -0.39 is 10.2 Å². The number of hydrogen-bond donors (Lipinski definition) is 2. The summed E-state index contributed by atoms with van der Waals surface area (Å²) in [5.41, 5.74) is 0.318. The van der Waals surface area contributed by atoms with Gasteiger partial charge in [-0.05, 0) is 57.8 Å². The van der Waals surface area contributed by atoms with Gasteiger partial charge in [0.05, 0.1) is 0 Å². The normalized spacial score (nSPS) is 34.6. The lowest BCUT2D eigenvalue weighted by Crippen LogP contribution is -2.61. The molecule has 1 amide bonds. The molecule has 2 unspecified atom stereocenters. The summed E-state index contributed by atoms with van der Waals surface area (Å²) < 4.78 is 36.3. The molecular formula is C23H35N5O5S. The van der Waals surface area contributed by atoms with Crippen LogP contribution in [-0.2, 0) is 10.2 Å². The number of nitrogens with zero attached hydrogens (tertiary/aromatic N) is 4. The first-order chi connectivity index (χ1) is 16.4. The van der Waals surface area contributed by atoms with Crippen LogP contribution in [0.25, 0.3) is 0 Å². The molecule has 11 heteroatoms. The molecule has 188 valence electrons. The van der Waals surface area contributed by atoms with Crippen molar-refractivity contribution in [1.29, 1.82) is 0 Å². The van der Waals surface area contributed by atoms with Crippen LogP contribution in [0.5, 0.6) is 0 Å². The third-order valence-electron chi connectivity index (χ3n) is 8.51. The Kier molecular flexibility index (Phi) is 5.96. The van der Waals surface area contributed by atoms with Crippen molar-refractivity contribution in [1.82, 2.24) is 24.0 Å². The number of aliphatic hydroxyl groups is 1. The minimum absolute atomic E-state index is 0.0518. The summed E-state index contributed by atoms with van der Waals surface area (Å²) in [6, 6.07) is 2.05. The standard InChI is InChI=1S/C23H35N5O5S/c29-9-1-8-27-19-6-7-20(27)14-26(13-19)34(31,32)28-17-4-5-18(28)11-16(10-17)24-23(30)21-12-22(33-25-21)15-2-3-15/h12,15-20,29H,1-11,13-14H2,(H,24,30)/t16-,17+,18-,19?,20?. The lowest BCUT2D eigenvalue weighted by molar-refractivity contribution is 0.0869.